The van der Waals surface area contributed by atoms with Gasteiger partial charge in [-0.1, -0.05) is 35.5 Å². The number of benzene rings is 1. The van der Waals surface area contributed by atoms with Crippen molar-refractivity contribution in [2.45, 2.75) is 12.5 Å². The lowest BCUT2D eigenvalue weighted by Gasteiger charge is -1.98. The maximum Gasteiger partial charge on any atom is 0.354 e. The highest BCUT2D eigenvalue weighted by Gasteiger charge is 2.18. The second kappa shape index (κ2) is 9.04. The molecule has 6 N–H and O–H groups in total. The third-order valence-corrected chi connectivity index (χ3v) is 2.11. The molecule has 0 aliphatic heterocycles. The van der Waals surface area contributed by atoms with E-state index in [1.807, 2.05) is 6.07 Å². The molecule has 9 nitrogen and oxygen atoms in total. The number of nitrogens with zero attached hydrogens (tertiary/aromatic N) is 1. The first-order valence-corrected chi connectivity index (χ1v) is 5.49. The predicted octanol–water partition coefficient (Wildman–Crippen LogP) is -0.373. The first-order valence-electron chi connectivity index (χ1n) is 5.49. The molecule has 0 heterocycles. The minimum absolute atomic E-state index is 0.132. The number of aliphatic carboxylic acids is 3. The fourth-order valence-corrected chi connectivity index (χ4v) is 1.05. The fourth-order valence-electron chi connectivity index (χ4n) is 1.05. The molecule has 0 aromatic heterocycles. The van der Waals surface area contributed by atoms with E-state index in [0.717, 1.165) is 5.56 Å². The summed E-state index contributed by atoms with van der Waals surface area (Å²) < 4.78 is 0. The van der Waals surface area contributed by atoms with Gasteiger partial charge in [-0.2, -0.15) is 0 Å². The third-order valence-electron chi connectivity index (χ3n) is 2.11. The molecule has 0 radical (unpaired) electrons. The van der Waals surface area contributed by atoms with E-state index in [1.54, 1.807) is 24.3 Å². The van der Waals surface area contributed by atoms with Gasteiger partial charge < -0.3 is 26.3 Å². The van der Waals surface area contributed by atoms with E-state index in [-0.39, 0.29) is 12.1 Å². The summed E-state index contributed by atoms with van der Waals surface area (Å²) in [6, 6.07) is 7.18. The number of oxime groups is 1. The molecule has 0 saturated carbocycles. The molecule has 0 saturated heterocycles. The van der Waals surface area contributed by atoms with Crippen LogP contribution in [0.2, 0.25) is 0 Å². The molecule has 1 aromatic rings. The molecule has 114 valence electrons. The molecule has 0 fully saturated rings. The predicted molar refractivity (Wildman–Crippen MR) is 70.3 cm³/mol. The van der Waals surface area contributed by atoms with Gasteiger partial charge in [-0.25, -0.2) is 14.4 Å². The Bertz CT molecular complexity index is 514. The lowest BCUT2D eigenvalue weighted by Crippen LogP contribution is -2.38. The van der Waals surface area contributed by atoms with Crippen LogP contribution >= 0.6 is 0 Å². The molecule has 1 rings (SSSR count). The van der Waals surface area contributed by atoms with Crippen LogP contribution in [0.5, 0.6) is 0 Å². The maximum absolute atomic E-state index is 10.4. The highest BCUT2D eigenvalue weighted by Crippen LogP contribution is 2.00. The van der Waals surface area contributed by atoms with Crippen molar-refractivity contribution in [3.05, 3.63) is 35.9 Å². The molecule has 0 spiro atoms. The van der Waals surface area contributed by atoms with Gasteiger partial charge in [-0.3, -0.25) is 0 Å². The molecule has 21 heavy (non-hydrogen) atoms. The molecule has 0 bridgehead atoms. The summed E-state index contributed by atoms with van der Waals surface area (Å²) in [7, 11) is 0. The van der Waals surface area contributed by atoms with Crippen molar-refractivity contribution < 1.29 is 34.9 Å². The summed E-state index contributed by atoms with van der Waals surface area (Å²) in [5, 5.41) is 35.3. The van der Waals surface area contributed by atoms with Crippen molar-refractivity contribution in [1.29, 1.82) is 0 Å². The highest BCUT2D eigenvalue weighted by molar-refractivity contribution is 6.35. The van der Waals surface area contributed by atoms with E-state index in [2.05, 4.69) is 10.9 Å². The van der Waals surface area contributed by atoms with Gasteiger partial charge >= 0.3 is 17.9 Å². The number of carboxylic acid groups (broad SMARTS) is 3. The fraction of sp³-hybridized carbons (Fsp3) is 0.167. The Morgan fingerprint density at radius 2 is 1.52 bits per heavy atom. The van der Waals surface area contributed by atoms with E-state index in [1.165, 1.54) is 0 Å². The average Bonchev–Trinajstić information content (AvgIpc) is 2.45. The number of carboxylic acids is 3. The molecule has 0 unspecified atom stereocenters. The Morgan fingerprint density at radius 3 is 1.81 bits per heavy atom. The van der Waals surface area contributed by atoms with Crippen LogP contribution in [0.1, 0.15) is 5.56 Å². The molecule has 9 heteroatoms. The van der Waals surface area contributed by atoms with Gasteiger partial charge in [0.15, 0.2) is 5.71 Å². The molecule has 0 aliphatic carbocycles. The second-order valence-electron chi connectivity index (χ2n) is 3.67. The molecular weight excluding hydrogens is 284 g/mol. The third kappa shape index (κ3) is 7.28. The Kier molecular flexibility index (Phi) is 7.78. The molecule has 0 aliphatic rings. The van der Waals surface area contributed by atoms with Crippen molar-refractivity contribution in [1.82, 2.24) is 0 Å². The maximum atomic E-state index is 10.4. The lowest BCUT2D eigenvalue weighted by molar-refractivity contribution is -0.149. The summed E-state index contributed by atoms with van der Waals surface area (Å²) in [4.78, 5) is 29.7. The number of carbonyl (C=O) groups is 3. The van der Waals surface area contributed by atoms with Gasteiger partial charge in [0.25, 0.3) is 0 Å². The van der Waals surface area contributed by atoms with Crippen LogP contribution in [0.25, 0.3) is 0 Å². The van der Waals surface area contributed by atoms with E-state index < -0.39 is 23.9 Å². The zero-order chi connectivity index (χ0) is 16.4. The Labute approximate surface area is 118 Å². The van der Waals surface area contributed by atoms with E-state index in [4.69, 9.17) is 20.5 Å². The van der Waals surface area contributed by atoms with Crippen LogP contribution in [0.3, 0.4) is 0 Å². The Morgan fingerprint density at radius 1 is 1.05 bits per heavy atom. The van der Waals surface area contributed by atoms with Gasteiger partial charge in [0.05, 0.1) is 0 Å². The van der Waals surface area contributed by atoms with Crippen LogP contribution < -0.4 is 5.73 Å². The molecular formula is C12H14N2O7. The quantitative estimate of drug-likeness (QED) is 0.212. The smallest absolute Gasteiger partial charge is 0.354 e. The van der Waals surface area contributed by atoms with Crippen molar-refractivity contribution in [2.75, 3.05) is 0 Å². The topological polar surface area (TPSA) is 171 Å². The Balaban J connectivity index is 0.000000433. The number of nitrogens with two attached hydrogens (primary N) is 1. The van der Waals surface area contributed by atoms with Crippen LogP contribution in [0, 0.1) is 0 Å². The van der Waals surface area contributed by atoms with Gasteiger partial charge in [0.2, 0.25) is 6.04 Å². The number of rotatable bonds is 5. The molecule has 0 atom stereocenters. The van der Waals surface area contributed by atoms with Crippen LogP contribution in [-0.4, -0.2) is 50.2 Å². The van der Waals surface area contributed by atoms with Crippen molar-refractivity contribution in [3.8, 4) is 0 Å². The lowest BCUT2D eigenvalue weighted by atomic mass is 10.1. The minimum atomic E-state index is -1.80. The summed E-state index contributed by atoms with van der Waals surface area (Å²) in [5.74, 6) is -4.26. The first-order chi connectivity index (χ1) is 9.79. The van der Waals surface area contributed by atoms with Crippen molar-refractivity contribution >= 4 is 23.6 Å². The van der Waals surface area contributed by atoms with Gasteiger partial charge in [-0.15, -0.1) is 0 Å². The van der Waals surface area contributed by atoms with Crippen LogP contribution in [0.4, 0.5) is 0 Å². The van der Waals surface area contributed by atoms with E-state index >= 15 is 0 Å². The van der Waals surface area contributed by atoms with Gasteiger partial charge in [0, 0.05) is 6.42 Å². The first kappa shape index (κ1) is 18.1. The number of hydrogen-bond acceptors (Lipinski definition) is 6. The molecule has 0 amide bonds. The average molecular weight is 298 g/mol. The summed E-state index contributed by atoms with van der Waals surface area (Å²) in [5.41, 5.74) is 5.11. The van der Waals surface area contributed by atoms with Crippen molar-refractivity contribution in [2.24, 2.45) is 10.9 Å². The SMILES string of the molecule is NC(C(=O)O)C(=O)O.O=C(O)/C(Cc1ccccc1)=N\O. The van der Waals surface area contributed by atoms with Gasteiger partial charge in [-0.05, 0) is 5.56 Å². The van der Waals surface area contributed by atoms with Crippen LogP contribution in [-0.2, 0) is 20.8 Å². The Hall–Kier alpha value is -2.94. The normalized spacial score (nSPS) is 10.5. The van der Waals surface area contributed by atoms with E-state index in [9.17, 15) is 14.4 Å². The second-order valence-corrected chi connectivity index (χ2v) is 3.67. The summed E-state index contributed by atoms with van der Waals surface area (Å²) in [6.07, 6.45) is 0.132. The standard InChI is InChI=1S/C9H9NO3.C3H5NO4/c11-9(12)8(10-13)6-7-4-2-1-3-5-7;4-1(2(5)6)3(7)8/h1-5,13H,6H2,(H,11,12);1H,4H2,(H,5,6)(H,7,8)/b10-8-;. The highest BCUT2D eigenvalue weighted by atomic mass is 16.4. The minimum Gasteiger partial charge on any atom is -0.480 e. The molecule has 1 aromatic carbocycles. The van der Waals surface area contributed by atoms with Crippen molar-refractivity contribution in [3.63, 3.8) is 0 Å². The monoisotopic (exact) mass is 298 g/mol. The van der Waals surface area contributed by atoms with Gasteiger partial charge in [0.1, 0.15) is 0 Å². The zero-order valence-corrected chi connectivity index (χ0v) is 10.7. The summed E-state index contributed by atoms with van der Waals surface area (Å²) >= 11 is 0. The zero-order valence-electron chi connectivity index (χ0n) is 10.7. The number of hydrogen-bond donors (Lipinski definition) is 5. The van der Waals surface area contributed by atoms with Crippen LogP contribution in [0.15, 0.2) is 35.5 Å². The summed E-state index contributed by atoms with van der Waals surface area (Å²) in [6.45, 7) is 0. The van der Waals surface area contributed by atoms with E-state index in [0.29, 0.717) is 0 Å². The largest absolute Gasteiger partial charge is 0.480 e.